The van der Waals surface area contributed by atoms with E-state index in [-0.39, 0.29) is 0 Å². The van der Waals surface area contributed by atoms with Crippen LogP contribution in [0.15, 0.2) is 60.7 Å². The lowest BCUT2D eigenvalue weighted by molar-refractivity contribution is 0.313. The predicted octanol–water partition coefficient (Wildman–Crippen LogP) is 5.18. The molecule has 3 heterocycles. The number of hydrogen-bond donors (Lipinski definition) is 2. The standard InChI is InChI=1S/C25H23ClN6/c1-31-10-12-32(13-11-31)19-7-9-21-23(15-19)30-25(28-21)17-4-8-20-22(14-17)29-24(27-20)16-2-5-18(26)6-3-16/h2-9,14-15H,10-13H2,1H3,(H,27,29)(H,28,30). The summed E-state index contributed by atoms with van der Waals surface area (Å²) < 4.78 is 0. The number of rotatable bonds is 3. The molecule has 0 aliphatic carbocycles. The summed E-state index contributed by atoms with van der Waals surface area (Å²) in [5.41, 5.74) is 7.22. The molecule has 32 heavy (non-hydrogen) atoms. The second-order valence-electron chi connectivity index (χ2n) is 8.40. The van der Waals surface area contributed by atoms with Crippen molar-refractivity contribution in [2.45, 2.75) is 0 Å². The van der Waals surface area contributed by atoms with Gasteiger partial charge in [-0.25, -0.2) is 9.97 Å². The van der Waals surface area contributed by atoms with Crippen LogP contribution in [0.2, 0.25) is 5.02 Å². The Labute approximate surface area is 190 Å². The Morgan fingerprint density at radius 3 is 2.03 bits per heavy atom. The van der Waals surface area contributed by atoms with Crippen molar-refractivity contribution in [1.82, 2.24) is 24.8 Å². The van der Waals surface area contributed by atoms with Crippen molar-refractivity contribution in [3.05, 3.63) is 65.7 Å². The number of nitrogens with one attached hydrogen (secondary N) is 2. The van der Waals surface area contributed by atoms with Gasteiger partial charge in [-0.05, 0) is 67.7 Å². The third-order valence-corrected chi connectivity index (χ3v) is 6.46. The largest absolute Gasteiger partial charge is 0.369 e. The second-order valence-corrected chi connectivity index (χ2v) is 8.84. The number of piperazine rings is 1. The minimum absolute atomic E-state index is 0.716. The topological polar surface area (TPSA) is 63.8 Å². The smallest absolute Gasteiger partial charge is 0.138 e. The fraction of sp³-hybridized carbons (Fsp3) is 0.200. The molecule has 0 saturated carbocycles. The predicted molar refractivity (Wildman–Crippen MR) is 131 cm³/mol. The summed E-state index contributed by atoms with van der Waals surface area (Å²) in [5, 5.41) is 0.716. The van der Waals surface area contributed by atoms with E-state index in [1.165, 1.54) is 5.69 Å². The van der Waals surface area contributed by atoms with E-state index in [1.54, 1.807) is 0 Å². The van der Waals surface area contributed by atoms with E-state index in [4.69, 9.17) is 21.6 Å². The Morgan fingerprint density at radius 2 is 1.31 bits per heavy atom. The molecule has 7 heteroatoms. The average Bonchev–Trinajstić information content (AvgIpc) is 3.43. The Hall–Kier alpha value is -3.35. The summed E-state index contributed by atoms with van der Waals surface area (Å²) in [4.78, 5) is 21.3. The van der Waals surface area contributed by atoms with Crippen molar-refractivity contribution in [3.63, 3.8) is 0 Å². The SMILES string of the molecule is CN1CCN(c2ccc3nc(-c4ccc5nc(-c6ccc(Cl)cc6)[nH]c5c4)[nH]c3c2)CC1. The van der Waals surface area contributed by atoms with E-state index in [2.05, 4.69) is 57.1 Å². The van der Waals surface area contributed by atoms with Crippen molar-refractivity contribution in [2.75, 3.05) is 38.1 Å². The van der Waals surface area contributed by atoms with Gasteiger partial charge in [-0.3, -0.25) is 0 Å². The highest BCUT2D eigenvalue weighted by atomic mass is 35.5. The molecule has 0 spiro atoms. The number of benzene rings is 3. The maximum Gasteiger partial charge on any atom is 0.138 e. The molecule has 6 rings (SSSR count). The van der Waals surface area contributed by atoms with Crippen LogP contribution >= 0.6 is 11.6 Å². The molecule has 2 aromatic heterocycles. The summed E-state index contributed by atoms with van der Waals surface area (Å²) in [7, 11) is 2.18. The van der Waals surface area contributed by atoms with Gasteiger partial charge >= 0.3 is 0 Å². The first-order chi connectivity index (χ1) is 15.6. The summed E-state index contributed by atoms with van der Waals surface area (Å²) >= 11 is 6.01. The molecule has 5 aromatic rings. The molecule has 1 fully saturated rings. The van der Waals surface area contributed by atoms with Gasteiger partial charge in [0, 0.05) is 48.0 Å². The van der Waals surface area contributed by atoms with Crippen molar-refractivity contribution >= 4 is 39.4 Å². The number of anilines is 1. The highest BCUT2D eigenvalue weighted by molar-refractivity contribution is 6.30. The molecule has 0 atom stereocenters. The fourth-order valence-electron chi connectivity index (χ4n) is 4.30. The molecule has 1 saturated heterocycles. The fourth-order valence-corrected chi connectivity index (χ4v) is 4.42. The van der Waals surface area contributed by atoms with Crippen LogP contribution in [-0.4, -0.2) is 58.1 Å². The highest BCUT2D eigenvalue weighted by Crippen LogP contribution is 2.28. The van der Waals surface area contributed by atoms with Gasteiger partial charge in [0.25, 0.3) is 0 Å². The lowest BCUT2D eigenvalue weighted by atomic mass is 10.2. The van der Waals surface area contributed by atoms with Crippen LogP contribution < -0.4 is 4.90 Å². The van der Waals surface area contributed by atoms with Crippen molar-refractivity contribution in [1.29, 1.82) is 0 Å². The lowest BCUT2D eigenvalue weighted by Crippen LogP contribution is -2.44. The second kappa shape index (κ2) is 7.65. The molecule has 1 aliphatic heterocycles. The Kier molecular flexibility index (Phi) is 4.63. The molecule has 0 unspecified atom stereocenters. The molecule has 160 valence electrons. The summed E-state index contributed by atoms with van der Waals surface area (Å²) in [6.07, 6.45) is 0. The van der Waals surface area contributed by atoms with Crippen LogP contribution in [0.1, 0.15) is 0 Å². The molecule has 1 aliphatic rings. The zero-order chi connectivity index (χ0) is 21.7. The van der Waals surface area contributed by atoms with Crippen molar-refractivity contribution < 1.29 is 0 Å². The zero-order valence-corrected chi connectivity index (χ0v) is 18.5. The van der Waals surface area contributed by atoms with Crippen LogP contribution in [0.4, 0.5) is 5.69 Å². The Morgan fingerprint density at radius 1 is 0.719 bits per heavy atom. The number of aromatic amines is 2. The van der Waals surface area contributed by atoms with Crippen molar-refractivity contribution in [3.8, 4) is 22.8 Å². The van der Waals surface area contributed by atoms with Gasteiger partial charge < -0.3 is 19.8 Å². The number of halogens is 1. The van der Waals surface area contributed by atoms with Gasteiger partial charge in [-0.15, -0.1) is 0 Å². The summed E-state index contributed by atoms with van der Waals surface area (Å²) in [6.45, 7) is 4.29. The van der Waals surface area contributed by atoms with E-state index < -0.39 is 0 Å². The molecule has 0 amide bonds. The van der Waals surface area contributed by atoms with E-state index >= 15 is 0 Å². The number of likely N-dealkylation sites (N-methyl/N-ethyl adjacent to an activating group) is 1. The van der Waals surface area contributed by atoms with Gasteiger partial charge in [-0.2, -0.15) is 0 Å². The van der Waals surface area contributed by atoms with Gasteiger partial charge in [0.2, 0.25) is 0 Å². The minimum Gasteiger partial charge on any atom is -0.369 e. The molecule has 3 aromatic carbocycles. The highest BCUT2D eigenvalue weighted by Gasteiger charge is 2.16. The Balaban J connectivity index is 1.32. The van der Waals surface area contributed by atoms with Crippen LogP contribution in [0, 0.1) is 0 Å². The van der Waals surface area contributed by atoms with Gasteiger partial charge in [0.1, 0.15) is 11.6 Å². The zero-order valence-electron chi connectivity index (χ0n) is 17.8. The van der Waals surface area contributed by atoms with Crippen molar-refractivity contribution in [2.24, 2.45) is 0 Å². The van der Waals surface area contributed by atoms with E-state index in [1.807, 2.05) is 30.3 Å². The maximum atomic E-state index is 6.01. The van der Waals surface area contributed by atoms with Crippen LogP contribution in [-0.2, 0) is 0 Å². The average molecular weight is 443 g/mol. The molecule has 0 bridgehead atoms. The lowest BCUT2D eigenvalue weighted by Gasteiger charge is -2.34. The normalized spacial score (nSPS) is 15.1. The van der Waals surface area contributed by atoms with Crippen LogP contribution in [0.25, 0.3) is 44.8 Å². The third kappa shape index (κ3) is 3.51. The summed E-state index contributed by atoms with van der Waals surface area (Å²) in [6, 6.07) is 20.4. The molecule has 2 N–H and O–H groups in total. The molecule has 6 nitrogen and oxygen atoms in total. The van der Waals surface area contributed by atoms with Gasteiger partial charge in [0.15, 0.2) is 0 Å². The Bertz CT molecular complexity index is 1410. The van der Waals surface area contributed by atoms with Gasteiger partial charge in [0.05, 0.1) is 22.1 Å². The summed E-state index contributed by atoms with van der Waals surface area (Å²) in [5.74, 6) is 1.69. The number of H-pyrrole nitrogens is 2. The first-order valence-corrected chi connectivity index (χ1v) is 11.2. The number of nitrogens with zero attached hydrogens (tertiary/aromatic N) is 4. The first kappa shape index (κ1) is 19.3. The molecular weight excluding hydrogens is 420 g/mol. The molecule has 0 radical (unpaired) electrons. The van der Waals surface area contributed by atoms with Gasteiger partial charge in [-0.1, -0.05) is 11.6 Å². The van der Waals surface area contributed by atoms with E-state index in [9.17, 15) is 0 Å². The maximum absolute atomic E-state index is 6.01. The monoisotopic (exact) mass is 442 g/mol. The van der Waals surface area contributed by atoms with Crippen LogP contribution in [0.5, 0.6) is 0 Å². The molecular formula is C25H23ClN6. The van der Waals surface area contributed by atoms with E-state index in [0.717, 1.165) is 71.0 Å². The number of aromatic nitrogens is 4. The minimum atomic E-state index is 0.716. The van der Waals surface area contributed by atoms with E-state index in [0.29, 0.717) is 5.02 Å². The van der Waals surface area contributed by atoms with Crippen LogP contribution in [0.3, 0.4) is 0 Å². The number of fused-ring (bicyclic) bond motifs is 2. The first-order valence-electron chi connectivity index (χ1n) is 10.8. The number of imidazole rings is 2. The quantitative estimate of drug-likeness (QED) is 0.404. The number of hydrogen-bond acceptors (Lipinski definition) is 4. The third-order valence-electron chi connectivity index (χ3n) is 6.21.